The Morgan fingerprint density at radius 1 is 1.39 bits per heavy atom. The first-order valence-electron chi connectivity index (χ1n) is 7.06. The van der Waals surface area contributed by atoms with Gasteiger partial charge in [0, 0.05) is 32.2 Å². The molecule has 0 aromatic heterocycles. The number of carbonyl (C=O) groups excluding carboxylic acids is 1. The van der Waals surface area contributed by atoms with Gasteiger partial charge in [0.15, 0.2) is 0 Å². The number of carbonyl (C=O) groups is 1. The van der Waals surface area contributed by atoms with Crippen LogP contribution in [0.4, 0.5) is 0 Å². The fourth-order valence-electron chi connectivity index (χ4n) is 2.67. The average Bonchev–Trinajstić information content (AvgIpc) is 2.99. The molecule has 0 aromatic carbocycles. The predicted molar refractivity (Wildman–Crippen MR) is 69.1 cm³/mol. The van der Waals surface area contributed by atoms with E-state index in [0.717, 1.165) is 32.4 Å². The van der Waals surface area contributed by atoms with Gasteiger partial charge in [-0.3, -0.25) is 4.79 Å². The second-order valence-corrected chi connectivity index (χ2v) is 6.22. The number of rotatable bonds is 5. The van der Waals surface area contributed by atoms with E-state index in [9.17, 15) is 4.79 Å². The fourth-order valence-corrected chi connectivity index (χ4v) is 2.67. The molecule has 1 aliphatic carbocycles. The van der Waals surface area contributed by atoms with Gasteiger partial charge in [0.05, 0.1) is 6.10 Å². The molecule has 18 heavy (non-hydrogen) atoms. The molecular formula is C14H25NO3. The lowest BCUT2D eigenvalue weighted by Gasteiger charge is -2.32. The van der Waals surface area contributed by atoms with E-state index in [1.165, 1.54) is 0 Å². The monoisotopic (exact) mass is 255 g/mol. The number of aliphatic hydroxyl groups is 1. The highest BCUT2D eigenvalue weighted by Crippen LogP contribution is 2.52. The zero-order chi connectivity index (χ0) is 13.2. The number of aliphatic hydroxyl groups excluding tert-OH is 1. The standard InChI is InChI=1S/C14H25NO3/c1-14(2)10-12(14)13(17)15-6-4-11(5-7-15)18-9-3-8-16/h11-12,16H,3-10H2,1-2H3. The van der Waals surface area contributed by atoms with Gasteiger partial charge in [0.2, 0.25) is 5.91 Å². The minimum atomic E-state index is 0.189. The first-order valence-corrected chi connectivity index (χ1v) is 7.06. The molecule has 0 bridgehead atoms. The normalized spacial score (nSPS) is 27.3. The number of amides is 1. The Kier molecular flexibility index (Phi) is 4.28. The van der Waals surface area contributed by atoms with Gasteiger partial charge < -0.3 is 14.7 Å². The molecule has 1 saturated carbocycles. The molecule has 1 aliphatic heterocycles. The second kappa shape index (κ2) is 5.57. The van der Waals surface area contributed by atoms with E-state index in [1.54, 1.807) is 0 Å². The van der Waals surface area contributed by atoms with Crippen LogP contribution in [-0.4, -0.2) is 48.3 Å². The predicted octanol–water partition coefficient (Wildman–Crippen LogP) is 1.42. The number of nitrogens with zero attached hydrogens (tertiary/aromatic N) is 1. The number of hydrogen-bond acceptors (Lipinski definition) is 3. The van der Waals surface area contributed by atoms with Crippen LogP contribution in [0, 0.1) is 11.3 Å². The Labute approximate surface area is 109 Å². The summed E-state index contributed by atoms with van der Waals surface area (Å²) in [5, 5.41) is 8.69. The van der Waals surface area contributed by atoms with Crippen molar-refractivity contribution >= 4 is 5.91 Å². The van der Waals surface area contributed by atoms with Crippen LogP contribution in [0.5, 0.6) is 0 Å². The molecule has 1 unspecified atom stereocenters. The van der Waals surface area contributed by atoms with Crippen LogP contribution < -0.4 is 0 Å². The Bertz CT molecular complexity index is 295. The van der Waals surface area contributed by atoms with E-state index in [1.807, 2.05) is 4.90 Å². The first kappa shape index (κ1) is 13.8. The van der Waals surface area contributed by atoms with Crippen molar-refractivity contribution in [3.63, 3.8) is 0 Å². The van der Waals surface area contributed by atoms with Gasteiger partial charge >= 0.3 is 0 Å². The van der Waals surface area contributed by atoms with Gasteiger partial charge in [-0.15, -0.1) is 0 Å². The van der Waals surface area contributed by atoms with Crippen LogP contribution in [0.15, 0.2) is 0 Å². The summed E-state index contributed by atoms with van der Waals surface area (Å²) >= 11 is 0. The van der Waals surface area contributed by atoms with E-state index >= 15 is 0 Å². The molecule has 0 spiro atoms. The Morgan fingerprint density at radius 3 is 2.50 bits per heavy atom. The molecule has 0 aromatic rings. The third-order valence-corrected chi connectivity index (χ3v) is 4.22. The zero-order valence-electron chi connectivity index (χ0n) is 11.5. The molecule has 1 atom stereocenters. The van der Waals surface area contributed by atoms with E-state index in [0.29, 0.717) is 18.9 Å². The van der Waals surface area contributed by atoms with Crippen LogP contribution in [0.2, 0.25) is 0 Å². The minimum Gasteiger partial charge on any atom is -0.396 e. The number of piperidine rings is 1. The van der Waals surface area contributed by atoms with E-state index < -0.39 is 0 Å². The molecule has 2 aliphatic rings. The highest BCUT2D eigenvalue weighted by atomic mass is 16.5. The summed E-state index contributed by atoms with van der Waals surface area (Å²) in [5.74, 6) is 0.596. The molecule has 2 rings (SSSR count). The van der Waals surface area contributed by atoms with Crippen molar-refractivity contribution in [2.75, 3.05) is 26.3 Å². The lowest BCUT2D eigenvalue weighted by Crippen LogP contribution is -2.42. The number of ether oxygens (including phenoxy) is 1. The molecule has 4 heteroatoms. The van der Waals surface area contributed by atoms with Crippen LogP contribution in [0.3, 0.4) is 0 Å². The maximum atomic E-state index is 12.2. The maximum Gasteiger partial charge on any atom is 0.226 e. The lowest BCUT2D eigenvalue weighted by molar-refractivity contribution is -0.136. The molecule has 4 nitrogen and oxygen atoms in total. The van der Waals surface area contributed by atoms with Crippen LogP contribution in [0.25, 0.3) is 0 Å². The Hall–Kier alpha value is -0.610. The molecule has 104 valence electrons. The van der Waals surface area contributed by atoms with Crippen LogP contribution in [0.1, 0.15) is 39.5 Å². The van der Waals surface area contributed by atoms with Crippen molar-refractivity contribution in [3.05, 3.63) is 0 Å². The highest BCUT2D eigenvalue weighted by Gasteiger charge is 2.52. The van der Waals surface area contributed by atoms with Crippen LogP contribution in [-0.2, 0) is 9.53 Å². The van der Waals surface area contributed by atoms with Gasteiger partial charge in [-0.1, -0.05) is 13.8 Å². The average molecular weight is 255 g/mol. The van der Waals surface area contributed by atoms with Crippen molar-refractivity contribution in [1.29, 1.82) is 0 Å². The largest absolute Gasteiger partial charge is 0.396 e. The lowest BCUT2D eigenvalue weighted by atomic mass is 10.1. The van der Waals surface area contributed by atoms with Crippen molar-refractivity contribution < 1.29 is 14.6 Å². The second-order valence-electron chi connectivity index (χ2n) is 6.22. The molecule has 0 radical (unpaired) electrons. The van der Waals surface area contributed by atoms with Crippen molar-refractivity contribution in [1.82, 2.24) is 4.90 Å². The summed E-state index contributed by atoms with van der Waals surface area (Å²) in [4.78, 5) is 14.2. The highest BCUT2D eigenvalue weighted by molar-refractivity contribution is 5.82. The van der Waals surface area contributed by atoms with E-state index in [4.69, 9.17) is 9.84 Å². The quantitative estimate of drug-likeness (QED) is 0.756. The van der Waals surface area contributed by atoms with Crippen LogP contribution >= 0.6 is 0 Å². The third-order valence-electron chi connectivity index (χ3n) is 4.22. The Balaban J connectivity index is 1.69. The smallest absolute Gasteiger partial charge is 0.226 e. The topological polar surface area (TPSA) is 49.8 Å². The third kappa shape index (κ3) is 3.23. The zero-order valence-corrected chi connectivity index (χ0v) is 11.5. The van der Waals surface area contributed by atoms with E-state index in [-0.39, 0.29) is 24.0 Å². The van der Waals surface area contributed by atoms with Gasteiger partial charge in [-0.05, 0) is 31.1 Å². The molecule has 1 heterocycles. The molecule has 1 saturated heterocycles. The van der Waals surface area contributed by atoms with Gasteiger partial charge in [-0.25, -0.2) is 0 Å². The molecular weight excluding hydrogens is 230 g/mol. The number of likely N-dealkylation sites (tertiary alicyclic amines) is 1. The van der Waals surface area contributed by atoms with Crippen molar-refractivity contribution in [2.45, 2.75) is 45.6 Å². The Morgan fingerprint density at radius 2 is 2.00 bits per heavy atom. The summed E-state index contributed by atoms with van der Waals surface area (Å²) in [6.45, 7) is 6.81. The van der Waals surface area contributed by atoms with Gasteiger partial charge in [0.25, 0.3) is 0 Å². The van der Waals surface area contributed by atoms with Crippen molar-refractivity contribution in [2.24, 2.45) is 11.3 Å². The summed E-state index contributed by atoms with van der Waals surface area (Å²) < 4.78 is 5.67. The molecule has 1 N–H and O–H groups in total. The molecule has 2 fully saturated rings. The summed E-state index contributed by atoms with van der Waals surface area (Å²) in [5.41, 5.74) is 0.228. The minimum absolute atomic E-state index is 0.189. The first-order chi connectivity index (χ1) is 8.54. The molecule has 1 amide bonds. The van der Waals surface area contributed by atoms with E-state index in [2.05, 4.69) is 13.8 Å². The fraction of sp³-hybridized carbons (Fsp3) is 0.929. The summed E-state index contributed by atoms with van der Waals surface area (Å²) in [6, 6.07) is 0. The van der Waals surface area contributed by atoms with Crippen molar-refractivity contribution in [3.8, 4) is 0 Å². The summed E-state index contributed by atoms with van der Waals surface area (Å²) in [6.07, 6.45) is 3.89. The maximum absolute atomic E-state index is 12.2. The van der Waals surface area contributed by atoms with Gasteiger partial charge in [0.1, 0.15) is 0 Å². The summed E-state index contributed by atoms with van der Waals surface area (Å²) in [7, 11) is 0. The van der Waals surface area contributed by atoms with Gasteiger partial charge in [-0.2, -0.15) is 0 Å². The number of hydrogen-bond donors (Lipinski definition) is 1. The SMILES string of the molecule is CC1(C)CC1C(=O)N1CCC(OCCCO)CC1.